The third-order valence-electron chi connectivity index (χ3n) is 4.99. The van der Waals surface area contributed by atoms with Gasteiger partial charge in [0.1, 0.15) is 5.01 Å². The molecule has 1 aromatic heterocycles. The molecule has 150 valence electrons. The smallest absolute Gasteiger partial charge is 0.321 e. The minimum Gasteiger partial charge on any atom is -0.322 e. The van der Waals surface area contributed by atoms with Crippen LogP contribution in [0.2, 0.25) is 5.02 Å². The Morgan fingerprint density at radius 3 is 2.45 bits per heavy atom. The molecule has 1 aliphatic heterocycles. The number of hydrogen-bond donors (Lipinski definition) is 1. The molecule has 29 heavy (non-hydrogen) atoms. The molecule has 7 heteroatoms. The zero-order chi connectivity index (χ0) is 20.2. The number of benzene rings is 2. The number of rotatable bonds is 4. The summed E-state index contributed by atoms with van der Waals surface area (Å²) in [5, 5.41) is 6.83. The van der Waals surface area contributed by atoms with Crippen LogP contribution in [0.25, 0.3) is 10.6 Å². The first kappa shape index (κ1) is 19.9. The predicted octanol–water partition coefficient (Wildman–Crippen LogP) is 5.12. The summed E-state index contributed by atoms with van der Waals surface area (Å²) in [5.74, 6) is 0. The van der Waals surface area contributed by atoms with Crippen LogP contribution in [0.15, 0.2) is 53.9 Å². The maximum Gasteiger partial charge on any atom is 0.321 e. The Balaban J connectivity index is 1.28. The SMILES string of the molecule is Cc1ccc(NC(=O)N2CCN(Cc3csc(-c4ccc(Cl)cc4)n3)CC2)cc1. The molecule has 0 unspecified atom stereocenters. The first-order valence-corrected chi connectivity index (χ1v) is 10.9. The largest absolute Gasteiger partial charge is 0.322 e. The molecular formula is C22H23ClN4OS. The fourth-order valence-electron chi connectivity index (χ4n) is 3.28. The van der Waals surface area contributed by atoms with Crippen LogP contribution in [-0.4, -0.2) is 47.0 Å². The highest BCUT2D eigenvalue weighted by Gasteiger charge is 2.21. The van der Waals surface area contributed by atoms with Gasteiger partial charge in [-0.2, -0.15) is 0 Å². The fraction of sp³-hybridized carbons (Fsp3) is 0.273. The molecule has 2 heterocycles. The average molecular weight is 427 g/mol. The number of urea groups is 1. The van der Waals surface area contributed by atoms with Crippen LogP contribution in [-0.2, 0) is 6.54 Å². The van der Waals surface area contributed by atoms with Crippen LogP contribution in [0.1, 0.15) is 11.3 Å². The molecule has 1 saturated heterocycles. The number of aromatic nitrogens is 1. The van der Waals surface area contributed by atoms with Crippen molar-refractivity contribution in [3.05, 3.63) is 70.2 Å². The van der Waals surface area contributed by atoms with E-state index in [2.05, 4.69) is 15.6 Å². The van der Waals surface area contributed by atoms with E-state index >= 15 is 0 Å². The molecule has 1 N–H and O–H groups in total. The van der Waals surface area contributed by atoms with Crippen molar-refractivity contribution in [2.45, 2.75) is 13.5 Å². The Bertz CT molecular complexity index is 963. The molecule has 4 rings (SSSR count). The van der Waals surface area contributed by atoms with Gasteiger partial charge in [-0.3, -0.25) is 4.90 Å². The summed E-state index contributed by atoms with van der Waals surface area (Å²) in [5.41, 5.74) is 4.17. The van der Waals surface area contributed by atoms with Gasteiger partial charge in [0.05, 0.1) is 5.69 Å². The van der Waals surface area contributed by atoms with E-state index < -0.39 is 0 Å². The topological polar surface area (TPSA) is 48.5 Å². The number of carbonyl (C=O) groups excluding carboxylic acids is 1. The second kappa shape index (κ2) is 8.95. The summed E-state index contributed by atoms with van der Waals surface area (Å²) in [4.78, 5) is 21.5. The number of anilines is 1. The molecule has 2 aromatic carbocycles. The summed E-state index contributed by atoms with van der Waals surface area (Å²) in [6.45, 7) is 5.95. The van der Waals surface area contributed by atoms with Gasteiger partial charge in [0.2, 0.25) is 0 Å². The van der Waals surface area contributed by atoms with E-state index in [-0.39, 0.29) is 6.03 Å². The third-order valence-corrected chi connectivity index (χ3v) is 6.18. The van der Waals surface area contributed by atoms with Crippen molar-refractivity contribution in [1.29, 1.82) is 0 Å². The Morgan fingerprint density at radius 1 is 1.07 bits per heavy atom. The van der Waals surface area contributed by atoms with Crippen molar-refractivity contribution < 1.29 is 4.79 Å². The lowest BCUT2D eigenvalue weighted by Crippen LogP contribution is -2.49. The van der Waals surface area contributed by atoms with Crippen LogP contribution in [0, 0.1) is 6.92 Å². The van der Waals surface area contributed by atoms with Crippen molar-refractivity contribution in [2.24, 2.45) is 0 Å². The van der Waals surface area contributed by atoms with Crippen molar-refractivity contribution in [3.63, 3.8) is 0 Å². The monoisotopic (exact) mass is 426 g/mol. The van der Waals surface area contributed by atoms with E-state index in [4.69, 9.17) is 16.6 Å². The number of nitrogens with zero attached hydrogens (tertiary/aromatic N) is 3. The first-order chi connectivity index (χ1) is 14.1. The van der Waals surface area contributed by atoms with E-state index in [9.17, 15) is 4.79 Å². The van der Waals surface area contributed by atoms with Crippen molar-refractivity contribution >= 4 is 34.7 Å². The number of piperazine rings is 1. The van der Waals surface area contributed by atoms with Crippen LogP contribution in [0.4, 0.5) is 10.5 Å². The van der Waals surface area contributed by atoms with Crippen LogP contribution in [0.5, 0.6) is 0 Å². The molecule has 0 saturated carbocycles. The standard InChI is InChI=1S/C22H23ClN4OS/c1-16-2-8-19(9-3-16)25-22(28)27-12-10-26(11-13-27)14-20-15-29-21(24-20)17-4-6-18(23)7-5-17/h2-9,15H,10-14H2,1H3,(H,25,28). The second-order valence-electron chi connectivity index (χ2n) is 7.21. The molecule has 0 bridgehead atoms. The number of aryl methyl sites for hydroxylation is 1. The number of thiazole rings is 1. The molecule has 2 amide bonds. The number of hydrogen-bond acceptors (Lipinski definition) is 4. The highest BCUT2D eigenvalue weighted by molar-refractivity contribution is 7.13. The molecule has 0 atom stereocenters. The lowest BCUT2D eigenvalue weighted by molar-refractivity contribution is 0.142. The van der Waals surface area contributed by atoms with Crippen LogP contribution < -0.4 is 5.32 Å². The molecule has 1 aliphatic rings. The molecule has 1 fully saturated rings. The third kappa shape index (κ3) is 5.15. The zero-order valence-electron chi connectivity index (χ0n) is 16.3. The normalized spacial score (nSPS) is 14.8. The van der Waals surface area contributed by atoms with E-state index in [1.54, 1.807) is 11.3 Å². The van der Waals surface area contributed by atoms with E-state index in [1.165, 1.54) is 5.56 Å². The summed E-state index contributed by atoms with van der Waals surface area (Å²) in [6.07, 6.45) is 0. The predicted molar refractivity (Wildman–Crippen MR) is 120 cm³/mol. The van der Waals surface area contributed by atoms with Gasteiger partial charge in [0.25, 0.3) is 0 Å². The van der Waals surface area contributed by atoms with E-state index in [0.29, 0.717) is 13.1 Å². The lowest BCUT2D eigenvalue weighted by atomic mass is 10.2. The molecule has 5 nitrogen and oxygen atoms in total. The minimum atomic E-state index is -0.0350. The Labute approximate surface area is 179 Å². The molecule has 0 radical (unpaired) electrons. The highest BCUT2D eigenvalue weighted by Crippen LogP contribution is 2.25. The molecule has 3 aromatic rings. The molecule has 0 spiro atoms. The van der Waals surface area contributed by atoms with Crippen LogP contribution >= 0.6 is 22.9 Å². The first-order valence-electron chi connectivity index (χ1n) is 9.62. The van der Waals surface area contributed by atoms with Gasteiger partial charge in [-0.05, 0) is 31.2 Å². The van der Waals surface area contributed by atoms with Crippen molar-refractivity contribution in [1.82, 2.24) is 14.8 Å². The lowest BCUT2D eigenvalue weighted by Gasteiger charge is -2.34. The van der Waals surface area contributed by atoms with Crippen molar-refractivity contribution in [3.8, 4) is 10.6 Å². The number of amides is 2. The van der Waals surface area contributed by atoms with Gasteiger partial charge >= 0.3 is 6.03 Å². The Hall–Kier alpha value is -2.41. The summed E-state index contributed by atoms with van der Waals surface area (Å²) in [6, 6.07) is 15.6. The van der Waals surface area contributed by atoms with E-state index in [0.717, 1.165) is 46.6 Å². The Kier molecular flexibility index (Phi) is 6.13. The summed E-state index contributed by atoms with van der Waals surface area (Å²) >= 11 is 7.61. The van der Waals surface area contributed by atoms with Gasteiger partial charge in [0.15, 0.2) is 0 Å². The number of nitrogens with one attached hydrogen (secondary N) is 1. The second-order valence-corrected chi connectivity index (χ2v) is 8.50. The highest BCUT2D eigenvalue weighted by atomic mass is 35.5. The Morgan fingerprint density at radius 2 is 1.76 bits per heavy atom. The summed E-state index contributed by atoms with van der Waals surface area (Å²) in [7, 11) is 0. The van der Waals surface area contributed by atoms with Gasteiger partial charge in [-0.1, -0.05) is 41.4 Å². The number of carbonyl (C=O) groups is 1. The number of halogens is 1. The van der Waals surface area contributed by atoms with E-state index in [1.807, 2.05) is 60.4 Å². The average Bonchev–Trinajstić information content (AvgIpc) is 3.19. The molecule has 0 aliphatic carbocycles. The van der Waals surface area contributed by atoms with Gasteiger partial charge in [-0.15, -0.1) is 11.3 Å². The van der Waals surface area contributed by atoms with Gasteiger partial charge in [-0.25, -0.2) is 9.78 Å². The quantitative estimate of drug-likeness (QED) is 0.629. The van der Waals surface area contributed by atoms with Crippen LogP contribution in [0.3, 0.4) is 0 Å². The van der Waals surface area contributed by atoms with Gasteiger partial charge in [0, 0.05) is 54.4 Å². The maximum atomic E-state index is 12.5. The maximum absolute atomic E-state index is 12.5. The fourth-order valence-corrected chi connectivity index (χ4v) is 4.23. The summed E-state index contributed by atoms with van der Waals surface area (Å²) < 4.78 is 0. The van der Waals surface area contributed by atoms with Crippen molar-refractivity contribution in [2.75, 3.05) is 31.5 Å². The van der Waals surface area contributed by atoms with Gasteiger partial charge < -0.3 is 10.2 Å². The minimum absolute atomic E-state index is 0.0350. The zero-order valence-corrected chi connectivity index (χ0v) is 17.8. The molecular weight excluding hydrogens is 404 g/mol.